The summed E-state index contributed by atoms with van der Waals surface area (Å²) in [6.45, 7) is 33.2. The number of imidazole rings is 4. The van der Waals surface area contributed by atoms with Crippen LogP contribution in [0.3, 0.4) is 0 Å². The highest BCUT2D eigenvalue weighted by atomic mass is 15.2. The number of fused-ring (bicyclic) bond motifs is 1. The zero-order valence-electron chi connectivity index (χ0n) is 80.9. The van der Waals surface area contributed by atoms with E-state index in [2.05, 4.69) is 518 Å². The molecule has 0 amide bonds. The van der Waals surface area contributed by atoms with Crippen LogP contribution in [-0.4, -0.2) is 32.4 Å². The van der Waals surface area contributed by atoms with Crippen LogP contribution in [0.1, 0.15) is 140 Å². The number of aryl methyl sites for hydroxylation is 17. The summed E-state index contributed by atoms with van der Waals surface area (Å²) < 4.78 is 28.7. The number of para-hydroxylation sites is 5. The molecule has 0 aliphatic carbocycles. The minimum Gasteiger partial charge on any atom is -0.344 e. The molecule has 0 aliphatic heterocycles. The lowest BCUT2D eigenvalue weighted by atomic mass is 9.92. The van der Waals surface area contributed by atoms with Crippen LogP contribution < -0.4 is 32.0 Å². The highest BCUT2D eigenvalue weighted by molar-refractivity contribution is 5.80. The van der Waals surface area contributed by atoms with Gasteiger partial charge in [0.25, 0.3) is 0 Å². The van der Waals surface area contributed by atoms with Crippen LogP contribution >= 0.6 is 0 Å². The molecule has 10 aromatic heterocycles. The van der Waals surface area contributed by atoms with Gasteiger partial charge >= 0.3 is 17.5 Å². The van der Waals surface area contributed by atoms with E-state index in [4.69, 9.17) is 0 Å². The molecule has 0 N–H and O–H groups in total. The molecule has 18 aromatic rings. The summed E-state index contributed by atoms with van der Waals surface area (Å²) in [6.07, 6.45) is 24.8. The molecule has 0 bridgehead atoms. The van der Waals surface area contributed by atoms with Crippen LogP contribution in [0.4, 0.5) is 0 Å². The first-order valence-corrected chi connectivity index (χ1v) is 45.2. The quantitative estimate of drug-likeness (QED) is 0.100. The Bertz CT molecular complexity index is 6690. The lowest BCUT2D eigenvalue weighted by Gasteiger charge is -2.18. The van der Waals surface area contributed by atoms with Crippen LogP contribution in [0.5, 0.6) is 0 Å². The van der Waals surface area contributed by atoms with Gasteiger partial charge in [-0.1, -0.05) is 195 Å². The second kappa shape index (κ2) is 43.0. The van der Waals surface area contributed by atoms with Gasteiger partial charge in [-0.05, 0) is 191 Å². The van der Waals surface area contributed by atoms with E-state index in [-0.39, 0.29) is 0 Å². The summed E-state index contributed by atoms with van der Waals surface area (Å²) in [6, 6.07) is 94.2. The van der Waals surface area contributed by atoms with Gasteiger partial charge < -0.3 is 13.7 Å². The Kier molecular flexibility index (Phi) is 31.4. The summed E-state index contributed by atoms with van der Waals surface area (Å²) in [5, 5.41) is 0. The van der Waals surface area contributed by atoms with Gasteiger partial charge in [-0.2, -0.15) is 13.7 Å². The fraction of sp³-hybridized carbons (Fsp3) is 0.252. The Morgan fingerprint density at radius 1 is 0.295 bits per heavy atom. The largest absolute Gasteiger partial charge is 0.344 e. The highest BCUT2D eigenvalue weighted by Crippen LogP contribution is 2.38. The van der Waals surface area contributed by atoms with E-state index >= 15 is 0 Å². The molecule has 8 aromatic carbocycles. The second-order valence-corrected chi connectivity index (χ2v) is 35.3. The smallest absolute Gasteiger partial charge is 0.330 e. The van der Waals surface area contributed by atoms with Gasteiger partial charge in [0.15, 0.2) is 35.8 Å². The van der Waals surface area contributed by atoms with Crippen molar-refractivity contribution in [1.82, 2.24) is 32.4 Å². The van der Waals surface area contributed by atoms with Crippen molar-refractivity contribution in [2.45, 2.75) is 128 Å². The van der Waals surface area contributed by atoms with E-state index in [9.17, 15) is 0 Å². The van der Waals surface area contributed by atoms with Crippen molar-refractivity contribution in [2.75, 3.05) is 0 Å². The van der Waals surface area contributed by atoms with Gasteiger partial charge in [0.2, 0.25) is 28.6 Å². The fourth-order valence-electron chi connectivity index (χ4n) is 17.2. The van der Waals surface area contributed by atoms with E-state index in [1.807, 2.05) is 61.5 Å². The maximum absolute atomic E-state index is 4.43. The van der Waals surface area contributed by atoms with Crippen molar-refractivity contribution in [3.8, 4) is 96.8 Å². The molecule has 0 saturated carbocycles. The average molecular weight is 1710 g/mol. The first kappa shape index (κ1) is 94.2. The van der Waals surface area contributed by atoms with Crippen molar-refractivity contribution in [3.05, 3.63) is 402 Å². The number of benzene rings is 8. The average Bonchev–Trinajstić information content (AvgIpc) is 1.58. The number of hydrogen-bond acceptors (Lipinski definition) is 1. The Labute approximate surface area is 767 Å². The number of hydrogen-bond donors (Lipinski definition) is 0. The third-order valence-corrected chi connectivity index (χ3v) is 24.3. The van der Waals surface area contributed by atoms with Gasteiger partial charge in [-0.15, -0.1) is 0 Å². The lowest BCUT2D eigenvalue weighted by Crippen LogP contribution is -2.31. The normalized spacial score (nSPS) is 11.0. The molecule has 0 spiro atoms. The minimum absolute atomic E-state index is 0.446. The molecule has 0 unspecified atom stereocenters. The number of pyridine rings is 4. The van der Waals surface area contributed by atoms with Crippen LogP contribution in [0.25, 0.3) is 108 Å². The standard InChI is InChI=1S/C25H30N3.C21H28N3.C14H15N4.3C14H16N.C13H14N/c1-17(2)19-11-9-12-20(18(3)4)24(19)28-22-14-8-7-13-21(22)27(6)25(28)23-15-10-16-26(23)5;1-15(2)17-9-7-10-18(16(3)4)20(17)24-14-13-23(6)21(24)19-11-8-12-22(19)5;1-16-9-8-15-13(16)14-17(2)10-11-18(14)12-6-4-3-5-7-12;1-11-7-4-5-9-13(11)14-12(2)8-6-10-15(14)3;1-11-8-9-15(3)14(10-11)13-7-5-4-6-12(13)2;1-11-8-9-14(15(3)10-11)13-7-5-4-6-12(13)2;1-11-7-3-4-8-12(11)13-9-5-6-10-14(13)2/h7-18H,1-6H3;7-16H,1-6H3;3-11H,1-2H3;3*4-10H,1-3H3;3-10H,1-2H3/q7*+1. The molecule has 0 radical (unpaired) electrons. The Balaban J connectivity index is 0.000000139. The molecule has 14 nitrogen and oxygen atoms in total. The van der Waals surface area contributed by atoms with Gasteiger partial charge in [-0.3, -0.25) is 0 Å². The van der Waals surface area contributed by atoms with Crippen LogP contribution in [0.15, 0.2) is 341 Å². The van der Waals surface area contributed by atoms with Crippen LogP contribution in [0.2, 0.25) is 0 Å². The predicted molar refractivity (Wildman–Crippen MR) is 531 cm³/mol. The zero-order valence-corrected chi connectivity index (χ0v) is 80.9. The van der Waals surface area contributed by atoms with Crippen LogP contribution in [0, 0.1) is 48.5 Å². The molecule has 14 heteroatoms. The SMILES string of the molecule is CC(C)c1cccc(C(C)C)c1-n1c(-c2cccn2C)[n+](C)c2ccccc21.CC(C)c1cccc(C(C)C)c1-n1cc[n+](C)c1-c1cccn1C.Cc1cc[n+](C)c(-c2ccccc2C)c1.Cc1ccc(-c2ccccc2C)[n+](C)c1.Cc1ccccc1-c1c(C)ccc[n+]1C.Cc1ccccc1-c1cccc[n+]1C.Cn1ccnc1-c1n(-c2ccccc2)cc[n+]1C. The Hall–Kier alpha value is -14.0. The molecule has 658 valence electrons. The number of rotatable bonds is 14. The minimum atomic E-state index is 0.446. The van der Waals surface area contributed by atoms with Crippen molar-refractivity contribution in [1.29, 1.82) is 0 Å². The highest BCUT2D eigenvalue weighted by Gasteiger charge is 2.33. The molecule has 0 aliphatic rings. The van der Waals surface area contributed by atoms with Gasteiger partial charge in [0.1, 0.15) is 81.4 Å². The van der Waals surface area contributed by atoms with Crippen molar-refractivity contribution in [3.63, 3.8) is 0 Å². The first-order valence-electron chi connectivity index (χ1n) is 45.2. The maximum atomic E-state index is 4.43. The topological polar surface area (TPSA) is 69.6 Å². The summed E-state index contributed by atoms with van der Waals surface area (Å²) >= 11 is 0. The van der Waals surface area contributed by atoms with Gasteiger partial charge in [0, 0.05) is 138 Å². The molecule has 0 saturated heterocycles. The van der Waals surface area contributed by atoms with E-state index in [1.165, 1.54) is 152 Å². The summed E-state index contributed by atoms with van der Waals surface area (Å²) in [7, 11) is 20.9. The zero-order chi connectivity index (χ0) is 92.4. The van der Waals surface area contributed by atoms with Crippen molar-refractivity contribution in [2.24, 2.45) is 70.5 Å². The van der Waals surface area contributed by atoms with Gasteiger partial charge in [-0.25, -0.2) is 37.0 Å². The molecular weight excluding hydrogens is 1580 g/mol. The summed E-state index contributed by atoms with van der Waals surface area (Å²) in [5.41, 5.74) is 33.8. The Morgan fingerprint density at radius 2 is 0.744 bits per heavy atom. The van der Waals surface area contributed by atoms with Crippen LogP contribution in [-0.2, 0) is 70.5 Å². The van der Waals surface area contributed by atoms with E-state index < -0.39 is 0 Å². The van der Waals surface area contributed by atoms with Gasteiger partial charge in [0.05, 0.1) is 21.1 Å². The third-order valence-electron chi connectivity index (χ3n) is 24.3. The molecule has 18 rings (SSSR count). The van der Waals surface area contributed by atoms with E-state index in [0.29, 0.717) is 23.7 Å². The molecule has 0 fully saturated rings. The summed E-state index contributed by atoms with van der Waals surface area (Å²) in [5.74, 6) is 6.28. The molecular formula is C115H135N14+7. The fourth-order valence-corrected chi connectivity index (χ4v) is 17.2. The predicted octanol–water partition coefficient (Wildman–Crippen LogP) is 22.8. The van der Waals surface area contributed by atoms with E-state index in [0.717, 1.165) is 17.3 Å². The third kappa shape index (κ3) is 21.8. The number of nitrogens with zero attached hydrogens (tertiary/aromatic N) is 14. The lowest BCUT2D eigenvalue weighted by molar-refractivity contribution is -0.660. The monoisotopic (exact) mass is 1710 g/mol. The number of aromatic nitrogens is 14. The van der Waals surface area contributed by atoms with Crippen molar-refractivity contribution < 1.29 is 32.0 Å². The molecule has 0 atom stereocenters. The first-order chi connectivity index (χ1) is 61.9. The second-order valence-electron chi connectivity index (χ2n) is 35.3. The Morgan fingerprint density at radius 3 is 1.24 bits per heavy atom. The molecule has 129 heavy (non-hydrogen) atoms. The van der Waals surface area contributed by atoms with Crippen molar-refractivity contribution >= 4 is 11.0 Å². The van der Waals surface area contributed by atoms with E-state index in [1.54, 1.807) is 0 Å². The molecule has 10 heterocycles. The summed E-state index contributed by atoms with van der Waals surface area (Å²) in [4.78, 5) is 4.43. The maximum Gasteiger partial charge on any atom is 0.330 e.